The summed E-state index contributed by atoms with van der Waals surface area (Å²) in [5.41, 5.74) is 0. The SMILES string of the molecule is CCC1CC[C](C)CC1. The zero-order chi connectivity index (χ0) is 6.69. The topological polar surface area (TPSA) is 0 Å². The number of hydrogen-bond donors (Lipinski definition) is 0. The van der Waals surface area contributed by atoms with Crippen molar-refractivity contribution in [3.8, 4) is 0 Å². The quantitative estimate of drug-likeness (QED) is 0.505. The minimum atomic E-state index is 1.05. The molecule has 0 aromatic carbocycles. The highest BCUT2D eigenvalue weighted by molar-refractivity contribution is 4.89. The molecule has 1 fully saturated rings. The predicted molar refractivity (Wildman–Crippen MR) is 41.2 cm³/mol. The molecule has 0 spiro atoms. The average molecular weight is 125 g/mol. The summed E-state index contributed by atoms with van der Waals surface area (Å²) in [5, 5.41) is 0. The fourth-order valence-electron chi connectivity index (χ4n) is 1.58. The van der Waals surface area contributed by atoms with Gasteiger partial charge in [0.2, 0.25) is 0 Å². The Morgan fingerprint density at radius 1 is 1.33 bits per heavy atom. The first-order valence-corrected chi connectivity index (χ1v) is 4.14. The van der Waals surface area contributed by atoms with Crippen LogP contribution in [0, 0.1) is 11.8 Å². The van der Waals surface area contributed by atoms with Gasteiger partial charge in [-0.25, -0.2) is 0 Å². The lowest BCUT2D eigenvalue weighted by molar-refractivity contribution is 0.370. The van der Waals surface area contributed by atoms with Crippen molar-refractivity contribution in [1.82, 2.24) is 0 Å². The maximum absolute atomic E-state index is 2.31. The van der Waals surface area contributed by atoms with Gasteiger partial charge in [0, 0.05) is 0 Å². The van der Waals surface area contributed by atoms with Gasteiger partial charge in [0.1, 0.15) is 0 Å². The molecular formula is C9H17. The summed E-state index contributed by atoms with van der Waals surface area (Å²) in [7, 11) is 0. The third-order valence-corrected chi connectivity index (χ3v) is 2.54. The standard InChI is InChI=1S/C9H17/c1-3-9-6-4-8(2)5-7-9/h9H,3-7H2,1-2H3. The van der Waals surface area contributed by atoms with E-state index >= 15 is 0 Å². The van der Waals surface area contributed by atoms with Crippen molar-refractivity contribution in [1.29, 1.82) is 0 Å². The predicted octanol–water partition coefficient (Wildman–Crippen LogP) is 3.18. The van der Waals surface area contributed by atoms with Crippen LogP contribution < -0.4 is 0 Å². The van der Waals surface area contributed by atoms with Gasteiger partial charge in [0.25, 0.3) is 0 Å². The summed E-state index contributed by atoms with van der Waals surface area (Å²) < 4.78 is 0. The summed E-state index contributed by atoms with van der Waals surface area (Å²) in [6.07, 6.45) is 7.12. The molecule has 0 aromatic rings. The number of hydrogen-bond acceptors (Lipinski definition) is 0. The summed E-state index contributed by atoms with van der Waals surface area (Å²) >= 11 is 0. The third-order valence-electron chi connectivity index (χ3n) is 2.54. The minimum Gasteiger partial charge on any atom is -0.0651 e. The largest absolute Gasteiger partial charge is 0.0651 e. The van der Waals surface area contributed by atoms with Crippen molar-refractivity contribution < 1.29 is 0 Å². The molecule has 1 saturated carbocycles. The molecule has 0 N–H and O–H groups in total. The van der Waals surface area contributed by atoms with Crippen LogP contribution in [-0.2, 0) is 0 Å². The molecule has 0 atom stereocenters. The van der Waals surface area contributed by atoms with Crippen LogP contribution in [0.3, 0.4) is 0 Å². The highest BCUT2D eigenvalue weighted by atomic mass is 14.2. The van der Waals surface area contributed by atoms with E-state index in [-0.39, 0.29) is 0 Å². The zero-order valence-corrected chi connectivity index (χ0v) is 6.61. The normalized spacial score (nSPS) is 24.7. The van der Waals surface area contributed by atoms with Gasteiger partial charge >= 0.3 is 0 Å². The van der Waals surface area contributed by atoms with Gasteiger partial charge in [-0.05, 0) is 37.5 Å². The van der Waals surface area contributed by atoms with E-state index in [1.54, 1.807) is 5.92 Å². The molecule has 0 heterocycles. The summed E-state index contributed by atoms with van der Waals surface area (Å²) in [4.78, 5) is 0. The average Bonchev–Trinajstić information content (AvgIpc) is 1.90. The minimum absolute atomic E-state index is 1.05. The first-order valence-electron chi connectivity index (χ1n) is 4.14. The second kappa shape index (κ2) is 3.24. The van der Waals surface area contributed by atoms with Crippen LogP contribution >= 0.6 is 0 Å². The molecule has 0 nitrogen and oxygen atoms in total. The van der Waals surface area contributed by atoms with Gasteiger partial charge in [-0.15, -0.1) is 0 Å². The monoisotopic (exact) mass is 125 g/mol. The summed E-state index contributed by atoms with van der Waals surface area (Å²) in [5.74, 6) is 2.77. The first-order chi connectivity index (χ1) is 4.33. The Hall–Kier alpha value is 0. The number of rotatable bonds is 1. The Labute approximate surface area is 58.7 Å². The Morgan fingerprint density at radius 2 is 1.89 bits per heavy atom. The van der Waals surface area contributed by atoms with E-state index in [1.807, 2.05) is 0 Å². The Kier molecular flexibility index (Phi) is 2.56. The van der Waals surface area contributed by atoms with Gasteiger partial charge in [-0.1, -0.05) is 20.3 Å². The molecule has 0 aromatic heterocycles. The lowest BCUT2D eigenvalue weighted by Crippen LogP contribution is -2.09. The van der Waals surface area contributed by atoms with Crippen molar-refractivity contribution in [2.45, 2.75) is 46.0 Å². The van der Waals surface area contributed by atoms with E-state index in [1.165, 1.54) is 32.1 Å². The van der Waals surface area contributed by atoms with Crippen LogP contribution in [0.5, 0.6) is 0 Å². The van der Waals surface area contributed by atoms with Crippen molar-refractivity contribution >= 4 is 0 Å². The summed E-state index contributed by atoms with van der Waals surface area (Å²) in [6.45, 7) is 4.61. The fourth-order valence-corrected chi connectivity index (χ4v) is 1.58. The van der Waals surface area contributed by atoms with Crippen molar-refractivity contribution in [2.24, 2.45) is 5.92 Å². The molecule has 1 rings (SSSR count). The molecule has 1 radical (unpaired) electrons. The smallest absolute Gasteiger partial charge is 0.0272 e. The summed E-state index contributed by atoms with van der Waals surface area (Å²) in [6, 6.07) is 0. The third kappa shape index (κ3) is 2.00. The van der Waals surface area contributed by atoms with Crippen LogP contribution in [0.25, 0.3) is 0 Å². The van der Waals surface area contributed by atoms with E-state index in [0.29, 0.717) is 0 Å². The lowest BCUT2D eigenvalue weighted by Gasteiger charge is -2.24. The Morgan fingerprint density at radius 3 is 2.33 bits per heavy atom. The van der Waals surface area contributed by atoms with E-state index < -0.39 is 0 Å². The molecule has 0 aliphatic heterocycles. The van der Waals surface area contributed by atoms with E-state index in [0.717, 1.165) is 5.92 Å². The molecule has 53 valence electrons. The second-order valence-electron chi connectivity index (χ2n) is 3.31. The van der Waals surface area contributed by atoms with Crippen LogP contribution in [0.15, 0.2) is 0 Å². The molecule has 9 heavy (non-hydrogen) atoms. The van der Waals surface area contributed by atoms with Gasteiger partial charge < -0.3 is 0 Å². The van der Waals surface area contributed by atoms with E-state index in [2.05, 4.69) is 13.8 Å². The van der Waals surface area contributed by atoms with Gasteiger partial charge in [0.05, 0.1) is 0 Å². The molecule has 1 aliphatic carbocycles. The van der Waals surface area contributed by atoms with Gasteiger partial charge in [-0.3, -0.25) is 0 Å². The van der Waals surface area contributed by atoms with Crippen LogP contribution in [0.2, 0.25) is 0 Å². The maximum atomic E-state index is 2.31. The maximum Gasteiger partial charge on any atom is -0.0272 e. The highest BCUT2D eigenvalue weighted by Gasteiger charge is 2.15. The zero-order valence-electron chi connectivity index (χ0n) is 6.61. The molecule has 0 amide bonds. The Balaban J connectivity index is 2.18. The van der Waals surface area contributed by atoms with Crippen LogP contribution in [-0.4, -0.2) is 0 Å². The van der Waals surface area contributed by atoms with Crippen molar-refractivity contribution in [3.05, 3.63) is 5.92 Å². The van der Waals surface area contributed by atoms with Crippen LogP contribution in [0.4, 0.5) is 0 Å². The molecule has 0 heteroatoms. The van der Waals surface area contributed by atoms with Gasteiger partial charge in [0.15, 0.2) is 0 Å². The highest BCUT2D eigenvalue weighted by Crippen LogP contribution is 2.30. The van der Waals surface area contributed by atoms with E-state index in [9.17, 15) is 0 Å². The van der Waals surface area contributed by atoms with Crippen molar-refractivity contribution in [3.63, 3.8) is 0 Å². The van der Waals surface area contributed by atoms with Crippen LogP contribution in [0.1, 0.15) is 46.0 Å². The van der Waals surface area contributed by atoms with E-state index in [4.69, 9.17) is 0 Å². The molecule has 0 bridgehead atoms. The van der Waals surface area contributed by atoms with Crippen molar-refractivity contribution in [2.75, 3.05) is 0 Å². The molecule has 1 aliphatic rings. The molecular weight excluding hydrogens is 108 g/mol. The molecule has 0 unspecified atom stereocenters. The fraction of sp³-hybridized carbons (Fsp3) is 0.889. The molecule has 0 saturated heterocycles. The second-order valence-corrected chi connectivity index (χ2v) is 3.31. The first kappa shape index (κ1) is 7.11. The lowest BCUT2D eigenvalue weighted by atomic mass is 9.82. The van der Waals surface area contributed by atoms with Gasteiger partial charge in [-0.2, -0.15) is 0 Å². The Bertz CT molecular complexity index is 68.1.